The number of aliphatic hydroxyl groups is 1. The summed E-state index contributed by atoms with van der Waals surface area (Å²) in [4.78, 5) is 20.5. The molecule has 1 saturated carbocycles. The molecule has 2 atom stereocenters. The van der Waals surface area contributed by atoms with Crippen molar-refractivity contribution in [3.05, 3.63) is 70.3 Å². The molecule has 0 aromatic heterocycles. The molecule has 0 heterocycles. The van der Waals surface area contributed by atoms with Gasteiger partial charge in [-0.05, 0) is 45.2 Å². The van der Waals surface area contributed by atoms with Gasteiger partial charge in [0.2, 0.25) is 14.8 Å². The van der Waals surface area contributed by atoms with Crippen LogP contribution in [0.5, 0.6) is 0 Å². The molecular weight excluding hydrogens is 514 g/mol. The molecule has 2 aromatic rings. The molecule has 0 saturated heterocycles. The Morgan fingerprint density at radius 3 is 2.26 bits per heavy atom. The molecule has 0 bridgehead atoms. The standard InChI is InChI=1S/C26H35N3O8S/c1-24(2,3)28(23(30)31)25(27,17-19-10-5-4-6-11-19)26(32,18-37-21-13-7-8-14-21)38(35,36)22-15-9-12-20(16-22)29(33)34/h4-6,9-12,15-16,21,32H,7-8,13-14,17-18,27H2,1-3H3,(H,30,31)/t25-,26-/m0/s1. The number of ether oxygens (including phenoxy) is 1. The van der Waals surface area contributed by atoms with Gasteiger partial charge in [0.15, 0.2) is 0 Å². The number of rotatable bonds is 10. The van der Waals surface area contributed by atoms with E-state index in [1.807, 2.05) is 0 Å². The normalized spacial score (nSPS) is 17.9. The summed E-state index contributed by atoms with van der Waals surface area (Å²) in [6.45, 7) is 3.76. The zero-order chi connectivity index (χ0) is 28.4. The third-order valence-electron chi connectivity index (χ3n) is 6.85. The van der Waals surface area contributed by atoms with E-state index in [-0.39, 0.29) is 6.10 Å². The van der Waals surface area contributed by atoms with Crippen LogP contribution in [0, 0.1) is 10.1 Å². The van der Waals surface area contributed by atoms with E-state index < -0.39 is 60.6 Å². The van der Waals surface area contributed by atoms with Gasteiger partial charge in [-0.3, -0.25) is 15.0 Å². The van der Waals surface area contributed by atoms with E-state index in [1.54, 1.807) is 30.3 Å². The van der Waals surface area contributed by atoms with Crippen LogP contribution in [0.15, 0.2) is 59.5 Å². The van der Waals surface area contributed by atoms with Crippen molar-refractivity contribution in [2.24, 2.45) is 5.73 Å². The number of non-ortho nitro benzene ring substituents is 1. The Balaban J connectivity index is 2.30. The van der Waals surface area contributed by atoms with E-state index in [2.05, 4.69) is 0 Å². The number of amides is 1. The van der Waals surface area contributed by atoms with Crippen LogP contribution >= 0.6 is 0 Å². The van der Waals surface area contributed by atoms with E-state index in [0.717, 1.165) is 35.9 Å². The first-order valence-corrected chi connectivity index (χ1v) is 13.8. The zero-order valence-electron chi connectivity index (χ0n) is 21.7. The second-order valence-electron chi connectivity index (χ2n) is 10.6. The molecule has 4 N–H and O–H groups in total. The van der Waals surface area contributed by atoms with Crippen molar-refractivity contribution in [1.82, 2.24) is 4.90 Å². The quantitative estimate of drug-likeness (QED) is 0.227. The molecule has 12 heteroatoms. The molecule has 38 heavy (non-hydrogen) atoms. The lowest BCUT2D eigenvalue weighted by atomic mass is 9.88. The van der Waals surface area contributed by atoms with Crippen molar-refractivity contribution in [3.63, 3.8) is 0 Å². The van der Waals surface area contributed by atoms with E-state index >= 15 is 0 Å². The highest BCUT2D eigenvalue weighted by atomic mass is 32.2. The maximum Gasteiger partial charge on any atom is 0.409 e. The molecule has 0 spiro atoms. The lowest BCUT2D eigenvalue weighted by Gasteiger charge is -2.53. The van der Waals surface area contributed by atoms with Crippen LogP contribution in [0.25, 0.3) is 0 Å². The van der Waals surface area contributed by atoms with Gasteiger partial charge in [0.1, 0.15) is 5.66 Å². The molecule has 11 nitrogen and oxygen atoms in total. The smallest absolute Gasteiger partial charge is 0.409 e. The molecule has 1 aliphatic rings. The summed E-state index contributed by atoms with van der Waals surface area (Å²) in [5, 5.41) is 34.1. The minimum atomic E-state index is -4.97. The van der Waals surface area contributed by atoms with Gasteiger partial charge >= 0.3 is 6.09 Å². The van der Waals surface area contributed by atoms with Crippen LogP contribution in [0.1, 0.15) is 52.0 Å². The van der Waals surface area contributed by atoms with Crippen LogP contribution in [-0.2, 0) is 21.0 Å². The van der Waals surface area contributed by atoms with Crippen LogP contribution in [0.3, 0.4) is 0 Å². The number of hydrogen-bond acceptors (Lipinski definition) is 8. The van der Waals surface area contributed by atoms with Gasteiger partial charge in [-0.2, -0.15) is 0 Å². The maximum atomic E-state index is 14.3. The topological polar surface area (TPSA) is 173 Å². The van der Waals surface area contributed by atoms with Gasteiger partial charge in [0.05, 0.1) is 22.5 Å². The summed E-state index contributed by atoms with van der Waals surface area (Å²) in [5.41, 5.74) is 3.05. The fourth-order valence-electron chi connectivity index (χ4n) is 5.04. The predicted octanol–water partition coefficient (Wildman–Crippen LogP) is 3.69. The van der Waals surface area contributed by atoms with Crippen LogP contribution in [-0.4, -0.2) is 63.4 Å². The molecule has 3 rings (SSSR count). The largest absolute Gasteiger partial charge is 0.465 e. The Labute approximate surface area is 222 Å². The first-order valence-electron chi connectivity index (χ1n) is 12.3. The number of nitrogens with zero attached hydrogens (tertiary/aromatic N) is 2. The van der Waals surface area contributed by atoms with Crippen molar-refractivity contribution < 1.29 is 33.1 Å². The lowest BCUT2D eigenvalue weighted by Crippen LogP contribution is -2.79. The lowest BCUT2D eigenvalue weighted by molar-refractivity contribution is -0.385. The number of benzene rings is 2. The SMILES string of the molecule is CC(C)(C)N(C(=O)O)[C@@](N)(Cc1ccccc1)[C@](O)(COC1CCCC1)S(=O)(=O)c1cccc([N+](=O)[O-])c1. The molecule has 208 valence electrons. The number of carboxylic acid groups (broad SMARTS) is 1. The van der Waals surface area contributed by atoms with Crippen LogP contribution in [0.4, 0.5) is 10.5 Å². The molecule has 0 aliphatic heterocycles. The molecule has 1 amide bonds. The highest BCUT2D eigenvalue weighted by Gasteiger charge is 2.64. The first-order chi connectivity index (χ1) is 17.6. The fraction of sp³-hybridized carbons (Fsp3) is 0.500. The Bertz CT molecular complexity index is 1260. The third-order valence-corrected chi connectivity index (χ3v) is 9.09. The maximum absolute atomic E-state index is 14.3. The van der Waals surface area contributed by atoms with Crippen molar-refractivity contribution in [1.29, 1.82) is 0 Å². The third kappa shape index (κ3) is 5.68. The summed E-state index contributed by atoms with van der Waals surface area (Å²) in [6.07, 6.45) is 0.718. The fourth-order valence-corrected chi connectivity index (χ4v) is 6.81. The van der Waals surface area contributed by atoms with Gasteiger partial charge in [0, 0.05) is 24.1 Å². The van der Waals surface area contributed by atoms with Gasteiger partial charge in [-0.1, -0.05) is 49.2 Å². The van der Waals surface area contributed by atoms with Gasteiger partial charge < -0.3 is 20.7 Å². The van der Waals surface area contributed by atoms with Gasteiger partial charge in [0.25, 0.3) is 5.69 Å². The zero-order valence-corrected chi connectivity index (χ0v) is 22.6. The summed E-state index contributed by atoms with van der Waals surface area (Å²) in [6, 6.07) is 12.6. The highest BCUT2D eigenvalue weighted by Crippen LogP contribution is 2.41. The second kappa shape index (κ2) is 11.0. The number of sulfone groups is 1. The van der Waals surface area contributed by atoms with E-state index in [1.165, 1.54) is 26.8 Å². The number of carbonyl (C=O) groups is 1. The highest BCUT2D eigenvalue weighted by molar-refractivity contribution is 7.92. The molecule has 0 unspecified atom stereocenters. The summed E-state index contributed by atoms with van der Waals surface area (Å²) >= 11 is 0. The average molecular weight is 550 g/mol. The van der Waals surface area contributed by atoms with E-state index in [9.17, 15) is 33.5 Å². The minimum absolute atomic E-state index is 0.351. The molecule has 1 fully saturated rings. The summed E-state index contributed by atoms with van der Waals surface area (Å²) in [5.74, 6) is 0. The number of nitrogens with two attached hydrogens (primary N) is 1. The van der Waals surface area contributed by atoms with Crippen molar-refractivity contribution in [3.8, 4) is 0 Å². The number of nitro benzene ring substituents is 1. The monoisotopic (exact) mass is 549 g/mol. The second-order valence-corrected chi connectivity index (χ2v) is 12.8. The minimum Gasteiger partial charge on any atom is -0.465 e. The molecular formula is C26H35N3O8S. The van der Waals surface area contributed by atoms with E-state index in [0.29, 0.717) is 18.4 Å². The summed E-state index contributed by atoms with van der Waals surface area (Å²) < 4.78 is 34.5. The van der Waals surface area contributed by atoms with E-state index in [4.69, 9.17) is 10.5 Å². The van der Waals surface area contributed by atoms with Crippen molar-refractivity contribution in [2.45, 2.75) is 80.0 Å². The Hall–Kier alpha value is -3.06. The van der Waals surface area contributed by atoms with Crippen molar-refractivity contribution in [2.75, 3.05) is 6.61 Å². The Morgan fingerprint density at radius 1 is 1.13 bits per heavy atom. The Morgan fingerprint density at radius 2 is 1.74 bits per heavy atom. The average Bonchev–Trinajstić information content (AvgIpc) is 3.35. The molecule has 2 aromatic carbocycles. The number of nitro groups is 1. The van der Waals surface area contributed by atoms with Gasteiger partial charge in [-0.15, -0.1) is 0 Å². The van der Waals surface area contributed by atoms with Crippen molar-refractivity contribution >= 4 is 21.6 Å². The van der Waals surface area contributed by atoms with Crippen LogP contribution < -0.4 is 5.73 Å². The summed E-state index contributed by atoms with van der Waals surface area (Å²) in [7, 11) is -4.97. The number of hydrogen-bond donors (Lipinski definition) is 3. The first kappa shape index (κ1) is 29.5. The van der Waals surface area contributed by atoms with Crippen LogP contribution in [0.2, 0.25) is 0 Å². The predicted molar refractivity (Wildman–Crippen MR) is 140 cm³/mol. The van der Waals surface area contributed by atoms with Gasteiger partial charge in [-0.25, -0.2) is 13.2 Å². The molecule has 1 aliphatic carbocycles. The molecule has 0 radical (unpaired) electrons. The Kier molecular flexibility index (Phi) is 8.51.